The van der Waals surface area contributed by atoms with E-state index in [1.165, 1.54) is 0 Å². The first kappa shape index (κ1) is 12.3. The van der Waals surface area contributed by atoms with Gasteiger partial charge in [-0.2, -0.15) is 0 Å². The van der Waals surface area contributed by atoms with Crippen LogP contribution in [0.4, 0.5) is 4.39 Å². The third-order valence-electron chi connectivity index (χ3n) is 2.98. The summed E-state index contributed by atoms with van der Waals surface area (Å²) in [5.74, 6) is -0.911. The van der Waals surface area contributed by atoms with E-state index < -0.39 is 20.5 Å². The Hall–Kier alpha value is -1.14. The second-order valence-corrected chi connectivity index (χ2v) is 6.29. The Morgan fingerprint density at radius 3 is 2.71 bits per heavy atom. The van der Waals surface area contributed by atoms with E-state index in [0.29, 0.717) is 12.1 Å². The number of hydrogen-bond donors (Lipinski definition) is 2. The van der Waals surface area contributed by atoms with Crippen LogP contribution in [0.3, 0.4) is 0 Å². The standard InChI is InChI=1S/C11H14FNO3S/c1-17(15,16)11-5-10(14)8(4-9(11)12)7-2-3-13-6-7/h4-5,7,13-14H,2-3,6H2,1H3. The number of phenols is 1. The molecule has 1 aliphatic heterocycles. The van der Waals surface area contributed by atoms with Crippen LogP contribution in [0.1, 0.15) is 17.9 Å². The van der Waals surface area contributed by atoms with Gasteiger partial charge in [0.05, 0.1) is 0 Å². The predicted molar refractivity (Wildman–Crippen MR) is 61.4 cm³/mol. The summed E-state index contributed by atoms with van der Waals surface area (Å²) in [7, 11) is -3.65. The third kappa shape index (κ3) is 2.42. The number of aromatic hydroxyl groups is 1. The number of halogens is 1. The molecule has 0 aromatic heterocycles. The molecule has 0 aliphatic carbocycles. The van der Waals surface area contributed by atoms with Crippen LogP contribution in [0.2, 0.25) is 0 Å². The fraction of sp³-hybridized carbons (Fsp3) is 0.455. The molecule has 2 rings (SSSR count). The Bertz CT molecular complexity index is 536. The van der Waals surface area contributed by atoms with E-state index in [2.05, 4.69) is 5.32 Å². The predicted octanol–water partition coefficient (Wildman–Crippen LogP) is 1.01. The van der Waals surface area contributed by atoms with Crippen molar-refractivity contribution in [1.29, 1.82) is 0 Å². The molecule has 0 saturated carbocycles. The van der Waals surface area contributed by atoms with Crippen molar-refractivity contribution in [2.24, 2.45) is 0 Å². The summed E-state index contributed by atoms with van der Waals surface area (Å²) in [6.07, 6.45) is 1.73. The summed E-state index contributed by atoms with van der Waals surface area (Å²) in [6.45, 7) is 1.49. The molecule has 1 aromatic rings. The van der Waals surface area contributed by atoms with Gasteiger partial charge in [-0.25, -0.2) is 12.8 Å². The lowest BCUT2D eigenvalue weighted by Gasteiger charge is -2.12. The van der Waals surface area contributed by atoms with E-state index in [9.17, 15) is 17.9 Å². The number of rotatable bonds is 2. The van der Waals surface area contributed by atoms with Crippen molar-refractivity contribution in [1.82, 2.24) is 5.32 Å². The minimum absolute atomic E-state index is 0.0399. The summed E-state index contributed by atoms with van der Waals surface area (Å²) in [4.78, 5) is -0.454. The smallest absolute Gasteiger partial charge is 0.178 e. The van der Waals surface area contributed by atoms with Crippen molar-refractivity contribution in [3.05, 3.63) is 23.5 Å². The van der Waals surface area contributed by atoms with Crippen molar-refractivity contribution in [3.8, 4) is 5.75 Å². The fourth-order valence-electron chi connectivity index (χ4n) is 2.09. The summed E-state index contributed by atoms with van der Waals surface area (Å²) < 4.78 is 36.2. The highest BCUT2D eigenvalue weighted by atomic mass is 32.2. The maximum Gasteiger partial charge on any atom is 0.178 e. The van der Waals surface area contributed by atoms with Gasteiger partial charge in [0.2, 0.25) is 0 Å². The molecule has 4 nitrogen and oxygen atoms in total. The molecule has 1 atom stereocenters. The molecular formula is C11H14FNO3S. The summed E-state index contributed by atoms with van der Waals surface area (Å²) in [6, 6.07) is 2.13. The zero-order chi connectivity index (χ0) is 12.6. The molecule has 94 valence electrons. The lowest BCUT2D eigenvalue weighted by molar-refractivity contribution is 0.454. The highest BCUT2D eigenvalue weighted by Crippen LogP contribution is 2.33. The maximum absolute atomic E-state index is 13.7. The van der Waals surface area contributed by atoms with Gasteiger partial charge in [0, 0.05) is 30.3 Å². The zero-order valence-electron chi connectivity index (χ0n) is 9.40. The van der Waals surface area contributed by atoms with Gasteiger partial charge in [-0.15, -0.1) is 0 Å². The van der Waals surface area contributed by atoms with Crippen LogP contribution >= 0.6 is 0 Å². The Morgan fingerprint density at radius 2 is 2.18 bits per heavy atom. The van der Waals surface area contributed by atoms with Crippen LogP contribution in [0.15, 0.2) is 17.0 Å². The second kappa shape index (κ2) is 4.27. The molecule has 0 spiro atoms. The first-order chi connectivity index (χ1) is 7.89. The largest absolute Gasteiger partial charge is 0.508 e. The highest BCUT2D eigenvalue weighted by molar-refractivity contribution is 7.90. The van der Waals surface area contributed by atoms with Crippen LogP contribution in [0, 0.1) is 5.82 Å². The Labute approximate surface area is 99.4 Å². The van der Waals surface area contributed by atoms with Gasteiger partial charge < -0.3 is 10.4 Å². The third-order valence-corrected chi connectivity index (χ3v) is 4.09. The molecule has 0 bridgehead atoms. The van der Waals surface area contributed by atoms with Gasteiger partial charge >= 0.3 is 0 Å². The van der Waals surface area contributed by atoms with Gasteiger partial charge in [0.1, 0.15) is 16.5 Å². The molecule has 1 unspecified atom stereocenters. The topological polar surface area (TPSA) is 66.4 Å². The van der Waals surface area contributed by atoms with Gasteiger partial charge in [-0.05, 0) is 19.0 Å². The van der Waals surface area contributed by atoms with E-state index in [1.54, 1.807) is 0 Å². The number of nitrogens with one attached hydrogen (secondary N) is 1. The van der Waals surface area contributed by atoms with Crippen molar-refractivity contribution in [2.75, 3.05) is 19.3 Å². The number of sulfone groups is 1. The lowest BCUT2D eigenvalue weighted by Crippen LogP contribution is -2.09. The van der Waals surface area contributed by atoms with Crippen LogP contribution < -0.4 is 5.32 Å². The maximum atomic E-state index is 13.7. The monoisotopic (exact) mass is 259 g/mol. The number of phenolic OH excluding ortho intramolecular Hbond substituents is 1. The minimum Gasteiger partial charge on any atom is -0.508 e. The van der Waals surface area contributed by atoms with Gasteiger partial charge in [0.25, 0.3) is 0 Å². The van der Waals surface area contributed by atoms with Crippen LogP contribution in [0.25, 0.3) is 0 Å². The molecular weight excluding hydrogens is 245 g/mol. The zero-order valence-corrected chi connectivity index (χ0v) is 10.2. The average molecular weight is 259 g/mol. The molecule has 1 aromatic carbocycles. The Kier molecular flexibility index (Phi) is 3.09. The molecule has 1 heterocycles. The van der Waals surface area contributed by atoms with E-state index in [0.717, 1.165) is 31.4 Å². The molecule has 0 radical (unpaired) electrons. The number of hydrogen-bond acceptors (Lipinski definition) is 4. The van der Waals surface area contributed by atoms with Crippen LogP contribution in [0.5, 0.6) is 5.75 Å². The number of benzene rings is 1. The fourth-order valence-corrected chi connectivity index (χ4v) is 2.83. The quantitative estimate of drug-likeness (QED) is 0.832. The van der Waals surface area contributed by atoms with E-state index in [-0.39, 0.29) is 11.7 Å². The Balaban J connectivity index is 2.48. The molecule has 1 saturated heterocycles. The molecule has 2 N–H and O–H groups in total. The lowest BCUT2D eigenvalue weighted by atomic mass is 9.97. The van der Waals surface area contributed by atoms with Gasteiger partial charge in [-0.3, -0.25) is 0 Å². The van der Waals surface area contributed by atoms with Crippen LogP contribution in [-0.4, -0.2) is 32.9 Å². The first-order valence-corrected chi connectivity index (χ1v) is 7.22. The van der Waals surface area contributed by atoms with Gasteiger partial charge in [0.15, 0.2) is 9.84 Å². The van der Waals surface area contributed by atoms with Crippen molar-refractivity contribution in [2.45, 2.75) is 17.2 Å². The normalized spacial score (nSPS) is 20.7. The summed E-state index contributed by atoms with van der Waals surface area (Å²) >= 11 is 0. The van der Waals surface area contributed by atoms with Crippen molar-refractivity contribution < 1.29 is 17.9 Å². The second-order valence-electron chi connectivity index (χ2n) is 4.30. The minimum atomic E-state index is -3.65. The molecule has 17 heavy (non-hydrogen) atoms. The summed E-state index contributed by atoms with van der Waals surface area (Å²) in [5.41, 5.74) is 0.472. The van der Waals surface area contributed by atoms with Crippen molar-refractivity contribution in [3.63, 3.8) is 0 Å². The molecule has 0 amide bonds. The highest BCUT2D eigenvalue weighted by Gasteiger charge is 2.23. The molecule has 6 heteroatoms. The van der Waals surface area contributed by atoms with E-state index in [1.807, 2.05) is 0 Å². The SMILES string of the molecule is CS(=O)(=O)c1cc(O)c(C2CCNC2)cc1F. The van der Waals surface area contributed by atoms with E-state index in [4.69, 9.17) is 0 Å². The van der Waals surface area contributed by atoms with Crippen molar-refractivity contribution >= 4 is 9.84 Å². The molecule has 1 aliphatic rings. The molecule has 1 fully saturated rings. The Morgan fingerprint density at radius 1 is 1.47 bits per heavy atom. The average Bonchev–Trinajstić information content (AvgIpc) is 2.72. The van der Waals surface area contributed by atoms with Gasteiger partial charge in [-0.1, -0.05) is 0 Å². The van der Waals surface area contributed by atoms with Crippen LogP contribution in [-0.2, 0) is 9.84 Å². The first-order valence-electron chi connectivity index (χ1n) is 5.33. The van der Waals surface area contributed by atoms with E-state index >= 15 is 0 Å². The summed E-state index contributed by atoms with van der Waals surface area (Å²) in [5, 5.41) is 12.9.